The summed E-state index contributed by atoms with van der Waals surface area (Å²) in [6, 6.07) is 6.00. The Morgan fingerprint density at radius 3 is 2.27 bits per heavy atom. The first-order valence-electron chi connectivity index (χ1n) is 4.81. The van der Waals surface area contributed by atoms with Crippen molar-refractivity contribution in [3.8, 4) is 5.75 Å². The van der Waals surface area contributed by atoms with Crippen molar-refractivity contribution < 1.29 is 20.4 Å². The fraction of sp³-hybridized carbons (Fsp3) is 0.364. The zero-order chi connectivity index (χ0) is 11.4. The van der Waals surface area contributed by atoms with Crippen LogP contribution in [0.4, 0.5) is 0 Å². The Kier molecular flexibility index (Phi) is 3.68. The number of aliphatic carboxylic acids is 1. The number of carbonyl (C=O) groups excluding carboxylic acids is 1. The summed E-state index contributed by atoms with van der Waals surface area (Å²) in [4.78, 5) is 10.6. The number of quaternary nitrogens is 1. The van der Waals surface area contributed by atoms with Gasteiger partial charge in [0, 0.05) is 5.56 Å². The number of benzene rings is 1. The molecule has 4 nitrogen and oxygen atoms in total. The monoisotopic (exact) mass is 209 g/mol. The smallest absolute Gasteiger partial charge is 0.150 e. The van der Waals surface area contributed by atoms with E-state index in [9.17, 15) is 9.90 Å². The molecule has 1 rings (SSSR count). The average Bonchev–Trinajstić information content (AvgIpc) is 2.17. The van der Waals surface area contributed by atoms with Gasteiger partial charge in [0.25, 0.3) is 0 Å². The van der Waals surface area contributed by atoms with Crippen LogP contribution in [0.25, 0.3) is 0 Å². The maximum absolute atomic E-state index is 10.6. The summed E-state index contributed by atoms with van der Waals surface area (Å²) in [5, 5.41) is 10.6. The van der Waals surface area contributed by atoms with Crippen LogP contribution in [0.3, 0.4) is 0 Å². The third-order valence-electron chi connectivity index (χ3n) is 1.94. The molecule has 82 valence electrons. The van der Waals surface area contributed by atoms with Gasteiger partial charge in [-0.25, -0.2) is 0 Å². The van der Waals surface area contributed by atoms with Crippen molar-refractivity contribution in [1.29, 1.82) is 0 Å². The molecule has 0 bridgehead atoms. The van der Waals surface area contributed by atoms with Crippen molar-refractivity contribution in [3.63, 3.8) is 0 Å². The SMILES string of the molecule is CC(C)Oc1ccc([C@H]([NH3+])C(=O)[O-])cc1. The predicted octanol–water partition coefficient (Wildman–Crippen LogP) is -0.493. The standard InChI is InChI=1S/C11H15NO3/c1-7(2)15-9-5-3-8(4-6-9)10(12)11(13)14/h3-7,10H,12H2,1-2H3,(H,13,14)/t10-/m0/s1. The number of carbonyl (C=O) groups is 1. The molecular weight excluding hydrogens is 194 g/mol. The first-order valence-corrected chi connectivity index (χ1v) is 4.81. The lowest BCUT2D eigenvalue weighted by molar-refractivity contribution is -0.443. The van der Waals surface area contributed by atoms with Gasteiger partial charge in [0.15, 0.2) is 6.04 Å². The van der Waals surface area contributed by atoms with E-state index in [0.29, 0.717) is 5.56 Å². The normalized spacial score (nSPS) is 12.5. The first kappa shape index (κ1) is 11.5. The van der Waals surface area contributed by atoms with Crippen LogP contribution >= 0.6 is 0 Å². The molecule has 0 aliphatic carbocycles. The van der Waals surface area contributed by atoms with Crippen molar-refractivity contribution in [2.75, 3.05) is 0 Å². The molecule has 1 aromatic rings. The van der Waals surface area contributed by atoms with Crippen molar-refractivity contribution in [3.05, 3.63) is 29.8 Å². The summed E-state index contributed by atoms with van der Waals surface area (Å²) < 4.78 is 5.43. The van der Waals surface area contributed by atoms with E-state index in [1.165, 1.54) is 0 Å². The second kappa shape index (κ2) is 4.79. The maximum atomic E-state index is 10.6. The summed E-state index contributed by atoms with van der Waals surface area (Å²) in [6.45, 7) is 3.86. The molecule has 3 N–H and O–H groups in total. The van der Waals surface area contributed by atoms with E-state index in [1.807, 2.05) is 13.8 Å². The summed E-state index contributed by atoms with van der Waals surface area (Å²) in [5.74, 6) is -0.452. The van der Waals surface area contributed by atoms with Gasteiger partial charge in [-0.3, -0.25) is 0 Å². The molecule has 0 spiro atoms. The Labute approximate surface area is 88.7 Å². The van der Waals surface area contributed by atoms with E-state index >= 15 is 0 Å². The lowest BCUT2D eigenvalue weighted by atomic mass is 10.1. The molecule has 0 aromatic heterocycles. The van der Waals surface area contributed by atoms with Gasteiger partial charge >= 0.3 is 0 Å². The van der Waals surface area contributed by atoms with Gasteiger partial charge in [-0.2, -0.15) is 0 Å². The molecule has 0 unspecified atom stereocenters. The lowest BCUT2D eigenvalue weighted by Crippen LogP contribution is -2.60. The van der Waals surface area contributed by atoms with Crippen LogP contribution in [0.2, 0.25) is 0 Å². The number of hydrogen-bond donors (Lipinski definition) is 1. The van der Waals surface area contributed by atoms with Crippen LogP contribution in [-0.2, 0) is 4.79 Å². The van der Waals surface area contributed by atoms with Crippen LogP contribution < -0.4 is 15.6 Å². The Bertz CT molecular complexity index is 332. The van der Waals surface area contributed by atoms with Crippen LogP contribution in [0.5, 0.6) is 5.75 Å². The summed E-state index contributed by atoms with van der Waals surface area (Å²) >= 11 is 0. The van der Waals surface area contributed by atoms with Gasteiger partial charge in [0.1, 0.15) is 11.7 Å². The quantitative estimate of drug-likeness (QED) is 0.726. The fourth-order valence-corrected chi connectivity index (χ4v) is 1.19. The summed E-state index contributed by atoms with van der Waals surface area (Å²) in [7, 11) is 0. The largest absolute Gasteiger partial charge is 0.544 e. The zero-order valence-electron chi connectivity index (χ0n) is 8.90. The third kappa shape index (κ3) is 3.25. The molecule has 0 saturated carbocycles. The van der Waals surface area contributed by atoms with Gasteiger partial charge in [0.05, 0.1) is 6.10 Å². The molecule has 0 aliphatic heterocycles. The first-order chi connectivity index (χ1) is 7.00. The van der Waals surface area contributed by atoms with Gasteiger partial charge in [-0.05, 0) is 38.1 Å². The number of rotatable bonds is 4. The second-order valence-corrected chi connectivity index (χ2v) is 3.61. The van der Waals surface area contributed by atoms with Crippen molar-refractivity contribution >= 4 is 5.97 Å². The van der Waals surface area contributed by atoms with Crippen LogP contribution in [0.1, 0.15) is 25.5 Å². The van der Waals surface area contributed by atoms with E-state index in [-0.39, 0.29) is 6.10 Å². The Hall–Kier alpha value is -1.55. The van der Waals surface area contributed by atoms with Crippen LogP contribution in [0, 0.1) is 0 Å². The highest BCUT2D eigenvalue weighted by Crippen LogP contribution is 2.16. The van der Waals surface area contributed by atoms with E-state index < -0.39 is 12.0 Å². The second-order valence-electron chi connectivity index (χ2n) is 3.61. The molecule has 1 atom stereocenters. The molecule has 0 saturated heterocycles. The number of hydrogen-bond acceptors (Lipinski definition) is 3. The Balaban J connectivity index is 2.76. The molecule has 1 aromatic carbocycles. The van der Waals surface area contributed by atoms with E-state index in [2.05, 4.69) is 5.73 Å². The highest BCUT2D eigenvalue weighted by Gasteiger charge is 2.10. The number of carboxylic acid groups (broad SMARTS) is 1. The fourth-order valence-electron chi connectivity index (χ4n) is 1.19. The van der Waals surface area contributed by atoms with Gasteiger partial charge in [0.2, 0.25) is 0 Å². The topological polar surface area (TPSA) is 77.0 Å². The van der Waals surface area contributed by atoms with Gasteiger partial charge in [-0.1, -0.05) is 0 Å². The van der Waals surface area contributed by atoms with E-state index in [1.54, 1.807) is 24.3 Å². The Morgan fingerprint density at radius 2 is 1.87 bits per heavy atom. The van der Waals surface area contributed by atoms with Crippen LogP contribution in [0.15, 0.2) is 24.3 Å². The van der Waals surface area contributed by atoms with Crippen LogP contribution in [-0.4, -0.2) is 12.1 Å². The third-order valence-corrected chi connectivity index (χ3v) is 1.94. The van der Waals surface area contributed by atoms with Crippen molar-refractivity contribution in [2.24, 2.45) is 0 Å². The van der Waals surface area contributed by atoms with E-state index in [0.717, 1.165) is 5.75 Å². The summed E-state index contributed by atoms with van der Waals surface area (Å²) in [6.07, 6.45) is 0.104. The molecule has 15 heavy (non-hydrogen) atoms. The Morgan fingerprint density at radius 1 is 1.33 bits per heavy atom. The van der Waals surface area contributed by atoms with Crippen molar-refractivity contribution in [2.45, 2.75) is 26.0 Å². The predicted molar refractivity (Wildman–Crippen MR) is 52.8 cm³/mol. The molecule has 0 radical (unpaired) electrons. The average molecular weight is 209 g/mol. The highest BCUT2D eigenvalue weighted by molar-refractivity contribution is 5.71. The van der Waals surface area contributed by atoms with Gasteiger partial charge < -0.3 is 20.4 Å². The number of carboxylic acids is 1. The maximum Gasteiger partial charge on any atom is 0.150 e. The molecule has 0 fully saturated rings. The van der Waals surface area contributed by atoms with Crippen molar-refractivity contribution in [1.82, 2.24) is 0 Å². The molecule has 0 aliphatic rings. The minimum atomic E-state index is -1.17. The van der Waals surface area contributed by atoms with Gasteiger partial charge in [-0.15, -0.1) is 0 Å². The number of ether oxygens (including phenoxy) is 1. The minimum absolute atomic E-state index is 0.104. The molecular formula is C11H15NO3. The molecule has 0 heterocycles. The molecule has 4 heteroatoms. The highest BCUT2D eigenvalue weighted by atomic mass is 16.5. The lowest BCUT2D eigenvalue weighted by Gasteiger charge is -2.12. The minimum Gasteiger partial charge on any atom is -0.544 e. The molecule has 0 amide bonds. The summed E-state index contributed by atoms with van der Waals surface area (Å²) in [5.41, 5.74) is 4.11. The van der Waals surface area contributed by atoms with E-state index in [4.69, 9.17) is 4.74 Å². The zero-order valence-corrected chi connectivity index (χ0v) is 8.90.